The number of nitrogens with zero attached hydrogens (tertiary/aromatic N) is 2. The second-order valence-electron chi connectivity index (χ2n) is 6.47. The predicted octanol–water partition coefficient (Wildman–Crippen LogP) is 2.17. The summed E-state index contributed by atoms with van der Waals surface area (Å²) in [6.07, 6.45) is 9.41. The van der Waals surface area contributed by atoms with Crippen LogP contribution in [-0.4, -0.2) is 33.6 Å². The van der Waals surface area contributed by atoms with Gasteiger partial charge in [-0.05, 0) is 12.8 Å². The van der Waals surface area contributed by atoms with E-state index in [4.69, 9.17) is 11.7 Å². The monoisotopic (exact) mass is 370 g/mol. The normalized spacial score (nSPS) is 10.5. The van der Waals surface area contributed by atoms with Crippen molar-refractivity contribution in [2.75, 3.05) is 0 Å². The largest absolute Gasteiger partial charge is 0.334 e. The standard InChI is InChI=1S/C18H34N4O4/c1-3-5-7-9-11-13-15(23)21(19)17(25)18(26)22(20)16(24)14-12-10-8-6-4-2/h3-14,19-20H2,1-2H3. The Labute approximate surface area is 156 Å². The highest BCUT2D eigenvalue weighted by Gasteiger charge is 2.30. The minimum atomic E-state index is -1.29. The Bertz CT molecular complexity index is 426. The van der Waals surface area contributed by atoms with Crippen molar-refractivity contribution in [1.82, 2.24) is 10.0 Å². The Morgan fingerprint density at radius 3 is 1.19 bits per heavy atom. The molecule has 0 spiro atoms. The van der Waals surface area contributed by atoms with Crippen LogP contribution in [0.4, 0.5) is 0 Å². The van der Waals surface area contributed by atoms with Crippen LogP contribution < -0.4 is 11.7 Å². The van der Waals surface area contributed by atoms with Crippen molar-refractivity contribution in [3.8, 4) is 0 Å². The summed E-state index contributed by atoms with van der Waals surface area (Å²) in [4.78, 5) is 47.6. The number of unbranched alkanes of at least 4 members (excludes halogenated alkanes) is 8. The summed E-state index contributed by atoms with van der Waals surface area (Å²) in [6.45, 7) is 4.17. The molecule has 0 heterocycles. The molecule has 150 valence electrons. The third-order valence-corrected chi connectivity index (χ3v) is 4.15. The minimum absolute atomic E-state index is 0.0786. The molecule has 4 amide bonds. The highest BCUT2D eigenvalue weighted by molar-refractivity contribution is 6.39. The molecule has 0 fully saturated rings. The van der Waals surface area contributed by atoms with E-state index in [9.17, 15) is 19.2 Å². The third kappa shape index (κ3) is 9.62. The van der Waals surface area contributed by atoms with E-state index in [2.05, 4.69) is 13.8 Å². The zero-order valence-electron chi connectivity index (χ0n) is 16.2. The topological polar surface area (TPSA) is 127 Å². The molecule has 8 heteroatoms. The molecular formula is C18H34N4O4. The van der Waals surface area contributed by atoms with Crippen molar-refractivity contribution in [3.05, 3.63) is 0 Å². The summed E-state index contributed by atoms with van der Waals surface area (Å²) in [5.41, 5.74) is 0. The summed E-state index contributed by atoms with van der Waals surface area (Å²) in [5, 5.41) is 0.521. The fraction of sp³-hybridized carbons (Fsp3) is 0.778. The number of hydrogen-bond donors (Lipinski definition) is 2. The molecule has 0 saturated carbocycles. The highest BCUT2D eigenvalue weighted by Crippen LogP contribution is 2.08. The Kier molecular flexibility index (Phi) is 13.4. The molecule has 8 nitrogen and oxygen atoms in total. The molecule has 0 atom stereocenters. The van der Waals surface area contributed by atoms with Crippen molar-refractivity contribution in [1.29, 1.82) is 0 Å². The summed E-state index contributed by atoms with van der Waals surface area (Å²) in [6, 6.07) is 0. The summed E-state index contributed by atoms with van der Waals surface area (Å²) in [7, 11) is 0. The van der Waals surface area contributed by atoms with Gasteiger partial charge in [-0.25, -0.2) is 21.7 Å². The van der Waals surface area contributed by atoms with E-state index in [1.807, 2.05) is 0 Å². The van der Waals surface area contributed by atoms with Crippen LogP contribution in [0.1, 0.15) is 90.9 Å². The molecular weight excluding hydrogens is 336 g/mol. The van der Waals surface area contributed by atoms with Crippen LogP contribution >= 0.6 is 0 Å². The van der Waals surface area contributed by atoms with Gasteiger partial charge in [-0.3, -0.25) is 19.2 Å². The molecule has 0 bridgehead atoms. The van der Waals surface area contributed by atoms with E-state index in [0.29, 0.717) is 12.8 Å². The van der Waals surface area contributed by atoms with Crippen LogP contribution in [0.3, 0.4) is 0 Å². The third-order valence-electron chi connectivity index (χ3n) is 4.15. The van der Waals surface area contributed by atoms with E-state index >= 15 is 0 Å². The van der Waals surface area contributed by atoms with Gasteiger partial charge < -0.3 is 0 Å². The van der Waals surface area contributed by atoms with E-state index in [1.54, 1.807) is 0 Å². The number of nitrogens with two attached hydrogens (primary N) is 2. The molecule has 0 aromatic rings. The smallest absolute Gasteiger partial charge is 0.273 e. The van der Waals surface area contributed by atoms with E-state index in [1.165, 1.54) is 0 Å². The SMILES string of the molecule is CCCCCCCC(=O)N(N)C(=O)C(=O)N(N)C(=O)CCCCCCC. The maximum absolute atomic E-state index is 11.9. The van der Waals surface area contributed by atoms with Gasteiger partial charge in [0.1, 0.15) is 0 Å². The number of hydrogen-bond acceptors (Lipinski definition) is 6. The summed E-state index contributed by atoms with van der Waals surface area (Å²) < 4.78 is 0. The van der Waals surface area contributed by atoms with Gasteiger partial charge in [0.2, 0.25) is 11.8 Å². The second-order valence-corrected chi connectivity index (χ2v) is 6.47. The van der Waals surface area contributed by atoms with Crippen LogP contribution in [0, 0.1) is 0 Å². The molecule has 0 unspecified atom stereocenters. The van der Waals surface area contributed by atoms with Crippen LogP contribution in [0.25, 0.3) is 0 Å². The maximum atomic E-state index is 11.9. The molecule has 0 saturated heterocycles. The van der Waals surface area contributed by atoms with Crippen molar-refractivity contribution >= 4 is 23.6 Å². The molecule has 0 aliphatic heterocycles. The Morgan fingerprint density at radius 2 is 0.885 bits per heavy atom. The lowest BCUT2D eigenvalue weighted by Crippen LogP contribution is -2.54. The first kappa shape index (κ1) is 24.2. The van der Waals surface area contributed by atoms with E-state index < -0.39 is 23.6 Å². The zero-order valence-corrected chi connectivity index (χ0v) is 16.2. The van der Waals surface area contributed by atoms with E-state index in [-0.39, 0.29) is 22.9 Å². The first-order valence-corrected chi connectivity index (χ1v) is 9.60. The van der Waals surface area contributed by atoms with Gasteiger partial charge in [-0.2, -0.15) is 0 Å². The molecule has 0 aliphatic carbocycles. The number of carbonyl (C=O) groups is 4. The molecule has 0 radical (unpaired) electrons. The van der Waals surface area contributed by atoms with Gasteiger partial charge in [-0.1, -0.05) is 65.2 Å². The van der Waals surface area contributed by atoms with Crippen LogP contribution in [0.5, 0.6) is 0 Å². The quantitative estimate of drug-likeness (QED) is 0.178. The van der Waals surface area contributed by atoms with Crippen molar-refractivity contribution in [2.24, 2.45) is 11.7 Å². The average molecular weight is 370 g/mol. The Morgan fingerprint density at radius 1 is 0.577 bits per heavy atom. The molecule has 4 N–H and O–H groups in total. The van der Waals surface area contributed by atoms with Gasteiger partial charge in [0.25, 0.3) is 0 Å². The fourth-order valence-electron chi connectivity index (χ4n) is 2.43. The Hall–Kier alpha value is -1.80. The first-order chi connectivity index (χ1) is 12.4. The molecule has 0 aromatic heterocycles. The van der Waals surface area contributed by atoms with Crippen molar-refractivity contribution in [2.45, 2.75) is 90.9 Å². The summed E-state index contributed by atoms with van der Waals surface area (Å²) >= 11 is 0. The van der Waals surface area contributed by atoms with Crippen LogP contribution in [-0.2, 0) is 19.2 Å². The fourth-order valence-corrected chi connectivity index (χ4v) is 2.43. The number of amides is 4. The second kappa shape index (κ2) is 14.4. The molecule has 0 aromatic carbocycles. The number of imide groups is 2. The minimum Gasteiger partial charge on any atom is -0.273 e. The number of carbonyl (C=O) groups excluding carboxylic acids is 4. The molecule has 26 heavy (non-hydrogen) atoms. The predicted molar refractivity (Wildman–Crippen MR) is 98.8 cm³/mol. The van der Waals surface area contributed by atoms with Crippen LogP contribution in [0.2, 0.25) is 0 Å². The van der Waals surface area contributed by atoms with Crippen molar-refractivity contribution in [3.63, 3.8) is 0 Å². The maximum Gasteiger partial charge on any atom is 0.334 e. The Balaban J connectivity index is 4.29. The molecule has 0 aliphatic rings. The summed E-state index contributed by atoms with van der Waals surface area (Å²) in [5.74, 6) is 6.95. The number of rotatable bonds is 12. The van der Waals surface area contributed by atoms with Gasteiger partial charge in [0.05, 0.1) is 0 Å². The highest BCUT2D eigenvalue weighted by atomic mass is 16.2. The van der Waals surface area contributed by atoms with Gasteiger partial charge in [0, 0.05) is 12.8 Å². The lowest BCUT2D eigenvalue weighted by Gasteiger charge is -2.18. The zero-order chi connectivity index (χ0) is 19.9. The van der Waals surface area contributed by atoms with Crippen molar-refractivity contribution < 1.29 is 19.2 Å². The average Bonchev–Trinajstić information content (AvgIpc) is 2.64. The van der Waals surface area contributed by atoms with E-state index in [0.717, 1.165) is 51.4 Å². The van der Waals surface area contributed by atoms with Gasteiger partial charge in [-0.15, -0.1) is 0 Å². The molecule has 0 rings (SSSR count). The van der Waals surface area contributed by atoms with Gasteiger partial charge in [0.15, 0.2) is 0 Å². The first-order valence-electron chi connectivity index (χ1n) is 9.60. The van der Waals surface area contributed by atoms with Crippen LogP contribution in [0.15, 0.2) is 0 Å². The van der Waals surface area contributed by atoms with Gasteiger partial charge >= 0.3 is 11.8 Å². The number of hydrazine groups is 2. The lowest BCUT2D eigenvalue weighted by atomic mass is 10.1. The lowest BCUT2D eigenvalue weighted by molar-refractivity contribution is -0.160.